The lowest BCUT2D eigenvalue weighted by atomic mass is 9.62. The SMILES string of the molecule is CC(C)n1[c-][n+]2c3c(cccc31)N(C)c1c-2ccc2c1C(C)(C)CCC2(C)C. The smallest absolute Gasteiger partial charge is 0.244 e. The van der Waals surface area contributed by atoms with E-state index < -0.39 is 0 Å². The van der Waals surface area contributed by atoms with Crippen molar-refractivity contribution < 1.29 is 4.57 Å². The number of hydrogen-bond donors (Lipinski definition) is 0. The normalized spacial score (nSPS) is 19.1. The van der Waals surface area contributed by atoms with Crippen LogP contribution in [0.3, 0.4) is 0 Å². The van der Waals surface area contributed by atoms with Gasteiger partial charge >= 0.3 is 0 Å². The molecular weight excluding hydrogens is 342 g/mol. The fourth-order valence-corrected chi connectivity index (χ4v) is 5.35. The number of hydrogen-bond acceptors (Lipinski definition) is 1. The molecule has 2 heterocycles. The molecule has 0 N–H and O–H groups in total. The van der Waals surface area contributed by atoms with Crippen LogP contribution in [-0.4, -0.2) is 11.6 Å². The van der Waals surface area contributed by atoms with Gasteiger partial charge in [-0.1, -0.05) is 52.0 Å². The minimum Gasteiger partial charge on any atom is -0.353 e. The third-order valence-corrected chi connectivity index (χ3v) is 7.08. The number of rotatable bonds is 1. The summed E-state index contributed by atoms with van der Waals surface area (Å²) in [5.74, 6) is 0. The second-order valence-electron chi connectivity index (χ2n) is 10.2. The van der Waals surface area contributed by atoms with Gasteiger partial charge in [0.2, 0.25) is 6.33 Å². The first-order chi connectivity index (χ1) is 13.1. The maximum atomic E-state index is 3.67. The first-order valence-electron chi connectivity index (χ1n) is 10.5. The Morgan fingerprint density at radius 3 is 2.43 bits per heavy atom. The topological polar surface area (TPSA) is 12.0 Å². The average molecular weight is 374 g/mol. The number of aromatic nitrogens is 2. The number of nitrogens with zero attached hydrogens (tertiary/aromatic N) is 3. The van der Waals surface area contributed by atoms with Crippen molar-refractivity contribution in [1.29, 1.82) is 0 Å². The van der Waals surface area contributed by atoms with Crippen LogP contribution in [0.1, 0.15) is 71.6 Å². The van der Waals surface area contributed by atoms with Crippen molar-refractivity contribution in [3.8, 4) is 5.69 Å². The van der Waals surface area contributed by atoms with Gasteiger partial charge in [0.05, 0.1) is 22.8 Å². The second-order valence-corrected chi connectivity index (χ2v) is 10.2. The fourth-order valence-electron chi connectivity index (χ4n) is 5.35. The summed E-state index contributed by atoms with van der Waals surface area (Å²) in [6.07, 6.45) is 6.12. The number of anilines is 2. The molecule has 3 aromatic rings. The standard InChI is InChI=1S/C25H31N3/c1-16(2)27-15-28-20-12-11-17-21(25(5,6)14-13-24(17,3)4)23(20)26(7)18-9-8-10-19(27)22(18)28/h8-12,16H,13-14H2,1-7H3. The van der Waals surface area contributed by atoms with Crippen molar-refractivity contribution in [2.45, 2.75) is 71.3 Å². The number of imidazole rings is 1. The lowest BCUT2D eigenvalue weighted by Crippen LogP contribution is -2.41. The molecule has 2 aliphatic rings. The zero-order valence-electron chi connectivity index (χ0n) is 18.2. The summed E-state index contributed by atoms with van der Waals surface area (Å²) < 4.78 is 4.58. The zero-order valence-corrected chi connectivity index (χ0v) is 18.2. The molecule has 0 fully saturated rings. The molecule has 146 valence electrons. The Hall–Kier alpha value is -2.29. The van der Waals surface area contributed by atoms with Gasteiger partial charge in [-0.05, 0) is 54.7 Å². The quantitative estimate of drug-likeness (QED) is 0.392. The van der Waals surface area contributed by atoms with Gasteiger partial charge < -0.3 is 14.0 Å². The van der Waals surface area contributed by atoms with E-state index in [9.17, 15) is 0 Å². The molecule has 0 amide bonds. The van der Waals surface area contributed by atoms with Crippen LogP contribution in [0, 0.1) is 6.33 Å². The molecule has 3 heteroatoms. The Morgan fingerprint density at radius 1 is 1.00 bits per heavy atom. The lowest BCUT2D eigenvalue weighted by Gasteiger charge is -2.46. The van der Waals surface area contributed by atoms with Gasteiger partial charge in [0.25, 0.3) is 0 Å². The molecule has 2 aromatic carbocycles. The first-order valence-corrected chi connectivity index (χ1v) is 10.5. The minimum atomic E-state index is 0.164. The molecule has 0 saturated heterocycles. The summed E-state index contributed by atoms with van der Waals surface area (Å²) in [6.45, 7) is 14.1. The minimum absolute atomic E-state index is 0.164. The van der Waals surface area contributed by atoms with Crippen molar-refractivity contribution >= 4 is 22.4 Å². The molecule has 0 spiro atoms. The molecule has 0 atom stereocenters. The lowest BCUT2D eigenvalue weighted by molar-refractivity contribution is -0.572. The maximum absolute atomic E-state index is 3.67. The monoisotopic (exact) mass is 373 g/mol. The van der Waals surface area contributed by atoms with Gasteiger partial charge in [0.15, 0.2) is 0 Å². The predicted molar refractivity (Wildman–Crippen MR) is 116 cm³/mol. The second kappa shape index (κ2) is 5.40. The third-order valence-electron chi connectivity index (χ3n) is 7.08. The van der Waals surface area contributed by atoms with Gasteiger partial charge in [-0.2, -0.15) is 0 Å². The van der Waals surface area contributed by atoms with E-state index in [0.717, 1.165) is 0 Å². The van der Waals surface area contributed by atoms with Crippen LogP contribution >= 0.6 is 0 Å². The molecular formula is C25H31N3. The Labute approximate surface area is 168 Å². The molecule has 5 rings (SSSR count). The van der Waals surface area contributed by atoms with E-state index in [1.54, 1.807) is 0 Å². The Bertz CT molecular complexity index is 1110. The van der Waals surface area contributed by atoms with Gasteiger partial charge in [-0.3, -0.25) is 0 Å². The van der Waals surface area contributed by atoms with E-state index >= 15 is 0 Å². The van der Waals surface area contributed by atoms with Crippen LogP contribution in [0.25, 0.3) is 16.7 Å². The maximum Gasteiger partial charge on any atom is 0.244 e. The van der Waals surface area contributed by atoms with Gasteiger partial charge in [-0.25, -0.2) is 0 Å². The van der Waals surface area contributed by atoms with E-state index in [4.69, 9.17) is 0 Å². The summed E-state index contributed by atoms with van der Waals surface area (Å²) >= 11 is 0. The largest absolute Gasteiger partial charge is 0.353 e. The van der Waals surface area contributed by atoms with E-state index in [1.807, 2.05) is 0 Å². The highest BCUT2D eigenvalue weighted by Crippen LogP contribution is 2.52. The number of fused-ring (bicyclic) bond motifs is 4. The Kier molecular flexibility index (Phi) is 3.43. The van der Waals surface area contributed by atoms with Crippen molar-refractivity contribution in [3.63, 3.8) is 0 Å². The van der Waals surface area contributed by atoms with Crippen LogP contribution < -0.4 is 9.47 Å². The molecule has 0 unspecified atom stereocenters. The highest BCUT2D eigenvalue weighted by atomic mass is 15.2. The summed E-state index contributed by atoms with van der Waals surface area (Å²) in [6, 6.07) is 11.7. The molecule has 0 bridgehead atoms. The summed E-state index contributed by atoms with van der Waals surface area (Å²) in [5.41, 5.74) is 9.81. The molecule has 0 saturated carbocycles. The molecule has 1 aliphatic carbocycles. The molecule has 1 aliphatic heterocycles. The molecule has 1 aromatic heterocycles. The van der Waals surface area contributed by atoms with E-state index in [-0.39, 0.29) is 10.8 Å². The van der Waals surface area contributed by atoms with Crippen LogP contribution in [0.2, 0.25) is 0 Å². The van der Waals surface area contributed by atoms with Gasteiger partial charge in [0, 0.05) is 18.4 Å². The summed E-state index contributed by atoms with van der Waals surface area (Å²) in [5, 5.41) is 0. The zero-order chi connectivity index (χ0) is 20.0. The van der Waals surface area contributed by atoms with Crippen molar-refractivity contribution in [2.24, 2.45) is 0 Å². The predicted octanol–water partition coefficient (Wildman–Crippen LogP) is 5.73. The van der Waals surface area contributed by atoms with E-state index in [1.165, 1.54) is 52.1 Å². The highest BCUT2D eigenvalue weighted by Gasteiger charge is 2.41. The van der Waals surface area contributed by atoms with Crippen LogP contribution in [0.15, 0.2) is 30.3 Å². The number of para-hydroxylation sites is 1. The first kappa shape index (κ1) is 17.8. The Morgan fingerprint density at radius 2 is 1.71 bits per heavy atom. The number of benzene rings is 2. The van der Waals surface area contributed by atoms with Crippen LogP contribution in [0.5, 0.6) is 0 Å². The molecule has 28 heavy (non-hydrogen) atoms. The fraction of sp³-hybridized carbons (Fsp3) is 0.480. The van der Waals surface area contributed by atoms with Crippen LogP contribution in [0.4, 0.5) is 11.4 Å². The van der Waals surface area contributed by atoms with Gasteiger partial charge in [-0.15, -0.1) is 0 Å². The van der Waals surface area contributed by atoms with E-state index in [2.05, 4.69) is 99.3 Å². The average Bonchev–Trinajstić information content (AvgIpc) is 3.03. The Balaban J connectivity index is 1.91. The van der Waals surface area contributed by atoms with Crippen molar-refractivity contribution in [2.75, 3.05) is 11.9 Å². The molecule has 0 radical (unpaired) electrons. The summed E-state index contributed by atoms with van der Waals surface area (Å²) in [7, 11) is 2.24. The molecule has 3 nitrogen and oxygen atoms in total. The van der Waals surface area contributed by atoms with Crippen LogP contribution in [-0.2, 0) is 10.8 Å². The third kappa shape index (κ3) is 2.13. The highest BCUT2D eigenvalue weighted by molar-refractivity contribution is 5.93. The van der Waals surface area contributed by atoms with Crippen molar-refractivity contribution in [3.05, 3.63) is 47.8 Å². The summed E-state index contributed by atoms with van der Waals surface area (Å²) in [4.78, 5) is 2.43. The van der Waals surface area contributed by atoms with E-state index in [0.29, 0.717) is 6.04 Å². The van der Waals surface area contributed by atoms with Gasteiger partial charge in [0.1, 0.15) is 0 Å². The van der Waals surface area contributed by atoms with Crippen molar-refractivity contribution in [1.82, 2.24) is 4.57 Å².